The van der Waals surface area contributed by atoms with E-state index in [2.05, 4.69) is 12.2 Å². The summed E-state index contributed by atoms with van der Waals surface area (Å²) in [7, 11) is 0. The summed E-state index contributed by atoms with van der Waals surface area (Å²) in [5, 5.41) is 0. The molecule has 3 heteroatoms. The molecule has 1 aliphatic rings. The average molecular weight is 149 g/mol. The van der Waals surface area contributed by atoms with E-state index in [0.29, 0.717) is 11.5 Å². The van der Waals surface area contributed by atoms with Gasteiger partial charge in [-0.15, -0.1) is 0 Å². The molecule has 0 fully saturated rings. The highest BCUT2D eigenvalue weighted by Crippen LogP contribution is 2.30. The lowest BCUT2D eigenvalue weighted by atomic mass is 10.2. The van der Waals surface area contributed by atoms with Crippen LogP contribution in [0.2, 0.25) is 0 Å². The topological polar surface area (TPSA) is 30.5 Å². The Labute approximate surface area is 64.2 Å². The van der Waals surface area contributed by atoms with Crippen molar-refractivity contribution in [2.75, 3.05) is 0 Å². The van der Waals surface area contributed by atoms with Crippen LogP contribution in [0.25, 0.3) is 6.08 Å². The normalized spacial score (nSPS) is 13.1. The second-order valence-electron chi connectivity index (χ2n) is 2.20. The number of hydrogen-bond donors (Lipinski definition) is 1. The van der Waals surface area contributed by atoms with Crippen LogP contribution in [0.3, 0.4) is 0 Å². The molecule has 0 atom stereocenters. The maximum Gasteiger partial charge on any atom is 0.196 e. The third-order valence-electron chi connectivity index (χ3n) is 1.51. The van der Waals surface area contributed by atoms with Crippen LogP contribution in [-0.2, 0) is 0 Å². The monoisotopic (exact) mass is 149 g/mol. The van der Waals surface area contributed by atoms with Crippen molar-refractivity contribution in [3.8, 4) is 11.5 Å². The van der Waals surface area contributed by atoms with Gasteiger partial charge in [-0.1, -0.05) is 18.7 Å². The molecular weight excluding hydrogens is 142 g/mol. The van der Waals surface area contributed by atoms with Crippen LogP contribution in [0, 0.1) is 0 Å². The molecular formula is C8H7NO2. The van der Waals surface area contributed by atoms with E-state index in [1.165, 1.54) is 0 Å². The fourth-order valence-corrected chi connectivity index (χ4v) is 0.926. The highest BCUT2D eigenvalue weighted by atomic mass is 16.9. The molecule has 0 radical (unpaired) electrons. The van der Waals surface area contributed by atoms with Gasteiger partial charge in [0, 0.05) is 5.64 Å². The molecule has 1 heterocycles. The van der Waals surface area contributed by atoms with Crippen molar-refractivity contribution in [3.63, 3.8) is 0 Å². The van der Waals surface area contributed by atoms with Crippen molar-refractivity contribution in [3.05, 3.63) is 30.3 Å². The van der Waals surface area contributed by atoms with Crippen molar-refractivity contribution in [1.29, 1.82) is 0 Å². The van der Waals surface area contributed by atoms with Crippen LogP contribution >= 0.6 is 0 Å². The molecule has 3 nitrogen and oxygen atoms in total. The van der Waals surface area contributed by atoms with Crippen LogP contribution in [0.15, 0.2) is 24.8 Å². The van der Waals surface area contributed by atoms with Crippen molar-refractivity contribution >= 4 is 6.08 Å². The van der Waals surface area contributed by atoms with Crippen LogP contribution in [0.1, 0.15) is 5.56 Å². The molecule has 0 spiro atoms. The summed E-state index contributed by atoms with van der Waals surface area (Å²) < 4.78 is 0. The number of rotatable bonds is 1. The van der Waals surface area contributed by atoms with Gasteiger partial charge in [-0.05, 0) is 17.7 Å². The van der Waals surface area contributed by atoms with E-state index in [4.69, 9.17) is 9.68 Å². The predicted octanol–water partition coefficient (Wildman–Crippen LogP) is 1.52. The average Bonchev–Trinajstić information content (AvgIpc) is 2.50. The number of fused-ring (bicyclic) bond motifs is 1. The molecule has 1 N–H and O–H groups in total. The minimum Gasteiger partial charge on any atom is -0.370 e. The molecule has 1 aromatic rings. The Morgan fingerprint density at radius 3 is 2.91 bits per heavy atom. The van der Waals surface area contributed by atoms with Gasteiger partial charge in [-0.2, -0.15) is 0 Å². The lowest BCUT2D eigenvalue weighted by Crippen LogP contribution is -2.14. The van der Waals surface area contributed by atoms with Crippen LogP contribution < -0.4 is 15.3 Å². The quantitative estimate of drug-likeness (QED) is 0.656. The van der Waals surface area contributed by atoms with E-state index in [0.717, 1.165) is 5.56 Å². The molecule has 0 aromatic heterocycles. The molecule has 11 heavy (non-hydrogen) atoms. The Morgan fingerprint density at radius 1 is 1.27 bits per heavy atom. The van der Waals surface area contributed by atoms with E-state index >= 15 is 0 Å². The van der Waals surface area contributed by atoms with Gasteiger partial charge >= 0.3 is 0 Å². The maximum absolute atomic E-state index is 4.92. The Hall–Kier alpha value is -1.48. The third-order valence-corrected chi connectivity index (χ3v) is 1.51. The molecule has 0 saturated heterocycles. The zero-order valence-corrected chi connectivity index (χ0v) is 5.83. The highest BCUT2D eigenvalue weighted by Gasteiger charge is 2.12. The van der Waals surface area contributed by atoms with Gasteiger partial charge in [0.05, 0.1) is 0 Å². The van der Waals surface area contributed by atoms with Crippen molar-refractivity contribution < 1.29 is 9.68 Å². The molecule has 0 aliphatic carbocycles. The summed E-state index contributed by atoms with van der Waals surface area (Å²) in [6.07, 6.45) is 1.75. The first kappa shape index (κ1) is 6.24. The highest BCUT2D eigenvalue weighted by molar-refractivity contribution is 5.54. The summed E-state index contributed by atoms with van der Waals surface area (Å²) >= 11 is 0. The molecule has 0 bridgehead atoms. The minimum absolute atomic E-state index is 0.697. The Kier molecular flexibility index (Phi) is 1.30. The van der Waals surface area contributed by atoms with Crippen LogP contribution in [0.4, 0.5) is 0 Å². The first-order valence-electron chi connectivity index (χ1n) is 3.25. The smallest absolute Gasteiger partial charge is 0.196 e. The van der Waals surface area contributed by atoms with Gasteiger partial charge in [0.15, 0.2) is 11.5 Å². The molecule has 0 saturated carbocycles. The molecule has 2 rings (SSSR count). The summed E-state index contributed by atoms with van der Waals surface area (Å²) in [6.45, 7) is 3.64. The maximum atomic E-state index is 4.92. The first-order valence-corrected chi connectivity index (χ1v) is 3.25. The van der Waals surface area contributed by atoms with Gasteiger partial charge in [-0.3, -0.25) is 0 Å². The Morgan fingerprint density at radius 2 is 2.09 bits per heavy atom. The van der Waals surface area contributed by atoms with E-state index < -0.39 is 0 Å². The van der Waals surface area contributed by atoms with Crippen LogP contribution in [0.5, 0.6) is 11.5 Å². The second kappa shape index (κ2) is 2.29. The minimum atomic E-state index is 0.697. The lowest BCUT2D eigenvalue weighted by molar-refractivity contribution is 0.0259. The van der Waals surface area contributed by atoms with Gasteiger partial charge in [0.2, 0.25) is 0 Å². The predicted molar refractivity (Wildman–Crippen MR) is 40.9 cm³/mol. The molecule has 0 amide bonds. The number of hydrogen-bond acceptors (Lipinski definition) is 3. The summed E-state index contributed by atoms with van der Waals surface area (Å²) in [5.74, 6) is 1.40. The fourth-order valence-electron chi connectivity index (χ4n) is 0.926. The van der Waals surface area contributed by atoms with Crippen molar-refractivity contribution in [2.45, 2.75) is 0 Å². The van der Waals surface area contributed by atoms with Crippen molar-refractivity contribution in [2.24, 2.45) is 0 Å². The Balaban J connectivity index is 2.48. The zero-order valence-electron chi connectivity index (χ0n) is 5.83. The summed E-state index contributed by atoms with van der Waals surface area (Å²) in [6, 6.07) is 5.58. The third kappa shape index (κ3) is 0.951. The fraction of sp³-hybridized carbons (Fsp3) is 0. The summed E-state index contributed by atoms with van der Waals surface area (Å²) in [5.41, 5.74) is 3.31. The molecule has 1 aliphatic heterocycles. The van der Waals surface area contributed by atoms with Gasteiger partial charge in [0.1, 0.15) is 0 Å². The van der Waals surface area contributed by atoms with E-state index in [1.807, 2.05) is 18.2 Å². The number of nitrogens with one attached hydrogen (secondary N) is 1. The molecule has 0 unspecified atom stereocenters. The lowest BCUT2D eigenvalue weighted by Gasteiger charge is -1.93. The van der Waals surface area contributed by atoms with Gasteiger partial charge in [0.25, 0.3) is 0 Å². The number of benzene rings is 1. The van der Waals surface area contributed by atoms with Gasteiger partial charge < -0.3 is 9.68 Å². The van der Waals surface area contributed by atoms with E-state index in [-0.39, 0.29) is 0 Å². The first-order chi connectivity index (χ1) is 5.40. The standard InChI is InChI=1S/C8H7NO2/c1-2-6-3-4-7-8(5-6)11-9-10-7/h2-5,9H,1H2. The molecule has 1 aromatic carbocycles. The van der Waals surface area contributed by atoms with E-state index in [9.17, 15) is 0 Å². The molecule has 56 valence electrons. The van der Waals surface area contributed by atoms with Crippen LogP contribution in [-0.4, -0.2) is 0 Å². The SMILES string of the molecule is C=Cc1ccc2c(c1)ONO2. The largest absolute Gasteiger partial charge is 0.370 e. The zero-order chi connectivity index (χ0) is 7.68. The van der Waals surface area contributed by atoms with E-state index in [1.54, 1.807) is 6.08 Å². The summed E-state index contributed by atoms with van der Waals surface area (Å²) in [4.78, 5) is 9.81. The van der Waals surface area contributed by atoms with Gasteiger partial charge in [-0.25, -0.2) is 0 Å². The Bertz CT molecular complexity index is 296. The van der Waals surface area contributed by atoms with Crippen molar-refractivity contribution in [1.82, 2.24) is 5.64 Å². The second-order valence-corrected chi connectivity index (χ2v) is 2.20.